The molecule has 45 heavy (non-hydrogen) atoms. The number of halogens is 2. The number of hydrogen-bond donors (Lipinski definition) is 0. The summed E-state index contributed by atoms with van der Waals surface area (Å²) in [6.45, 7) is 2.68. The number of Topliss-reactive ketones (excluding diaryl/α,β-unsaturated/α-hetero) is 1. The SMILES string of the molecule is N#Cc1cnn2cc(-c3cnn(C4CCC(=O)CC4)c3)nc(-c3ccc(N4CC5CC(C4)N5CC4CCC(F)(F)CC4)nc3)c12. The molecule has 0 spiro atoms. The molecule has 0 aromatic carbocycles. The van der Waals surface area contributed by atoms with E-state index < -0.39 is 5.92 Å². The highest BCUT2D eigenvalue weighted by atomic mass is 19.3. The second kappa shape index (κ2) is 11.0. The number of aromatic nitrogens is 6. The van der Waals surface area contributed by atoms with E-state index in [9.17, 15) is 18.8 Å². The number of hydrogen-bond acceptors (Lipinski definition) is 8. The number of nitriles is 1. The molecule has 2 aliphatic carbocycles. The molecule has 0 radical (unpaired) electrons. The lowest BCUT2D eigenvalue weighted by molar-refractivity contribution is -0.120. The molecule has 12 heteroatoms. The van der Waals surface area contributed by atoms with Crippen LogP contribution < -0.4 is 4.90 Å². The largest absolute Gasteiger partial charge is 0.353 e. The van der Waals surface area contributed by atoms with Gasteiger partial charge in [-0.1, -0.05) is 0 Å². The second-order valence-corrected chi connectivity index (χ2v) is 13.3. The molecule has 2 saturated carbocycles. The van der Waals surface area contributed by atoms with Crippen LogP contribution in [0.2, 0.25) is 0 Å². The summed E-state index contributed by atoms with van der Waals surface area (Å²) in [5.74, 6) is -0.895. The monoisotopic (exact) mass is 611 g/mol. The van der Waals surface area contributed by atoms with Crippen molar-refractivity contribution in [2.45, 2.75) is 81.8 Å². The molecule has 7 heterocycles. The van der Waals surface area contributed by atoms with Crippen LogP contribution in [0.25, 0.3) is 28.0 Å². The summed E-state index contributed by atoms with van der Waals surface area (Å²) in [7, 11) is 0. The third-order valence-electron chi connectivity index (χ3n) is 10.4. The van der Waals surface area contributed by atoms with Gasteiger partial charge in [0.05, 0.1) is 36.0 Å². The molecule has 3 aliphatic heterocycles. The average Bonchev–Trinajstić information content (AvgIpc) is 3.72. The molecule has 4 aromatic heterocycles. The fourth-order valence-corrected chi connectivity index (χ4v) is 7.76. The summed E-state index contributed by atoms with van der Waals surface area (Å²) in [6.07, 6.45) is 14.1. The number of anilines is 1. The van der Waals surface area contributed by atoms with Crippen molar-refractivity contribution in [2.75, 3.05) is 24.5 Å². The third-order valence-corrected chi connectivity index (χ3v) is 10.4. The Balaban J connectivity index is 1.01. The number of pyridine rings is 1. The number of carbonyl (C=O) groups excluding carboxylic acids is 1. The third kappa shape index (κ3) is 5.27. The Morgan fingerprint density at radius 2 is 1.71 bits per heavy atom. The number of carbonyl (C=O) groups is 1. The molecule has 2 unspecified atom stereocenters. The molecule has 10 nitrogen and oxygen atoms in total. The van der Waals surface area contributed by atoms with Crippen molar-refractivity contribution in [2.24, 2.45) is 5.92 Å². The number of piperidine rings is 1. The highest BCUT2D eigenvalue weighted by Gasteiger charge is 2.46. The van der Waals surface area contributed by atoms with Gasteiger partial charge >= 0.3 is 0 Å². The van der Waals surface area contributed by atoms with Crippen molar-refractivity contribution >= 4 is 17.1 Å². The van der Waals surface area contributed by atoms with Crippen molar-refractivity contribution in [3.63, 3.8) is 0 Å². The zero-order valence-electron chi connectivity index (χ0n) is 25.0. The van der Waals surface area contributed by atoms with E-state index in [1.54, 1.807) is 16.9 Å². The number of alkyl halides is 2. The van der Waals surface area contributed by atoms with Gasteiger partial charge in [0.25, 0.3) is 0 Å². The fraction of sp³-hybridized carbons (Fsp3) is 0.515. The van der Waals surface area contributed by atoms with E-state index in [2.05, 4.69) is 26.1 Å². The Kier molecular flexibility index (Phi) is 6.89. The van der Waals surface area contributed by atoms with Gasteiger partial charge in [-0.2, -0.15) is 15.5 Å². The normalized spacial score (nSPS) is 24.1. The van der Waals surface area contributed by atoms with E-state index in [0.717, 1.165) is 55.8 Å². The smallest absolute Gasteiger partial charge is 0.248 e. The number of piperazine rings is 1. The molecular weight excluding hydrogens is 576 g/mol. The molecule has 9 rings (SSSR count). The van der Waals surface area contributed by atoms with Gasteiger partial charge < -0.3 is 4.90 Å². The minimum absolute atomic E-state index is 0.0235. The van der Waals surface area contributed by atoms with Crippen LogP contribution in [-0.4, -0.2) is 77.7 Å². The van der Waals surface area contributed by atoms with Crippen LogP contribution in [0.5, 0.6) is 0 Å². The van der Waals surface area contributed by atoms with Crippen LogP contribution in [0.15, 0.2) is 43.1 Å². The van der Waals surface area contributed by atoms with Gasteiger partial charge in [0.15, 0.2) is 0 Å². The lowest BCUT2D eigenvalue weighted by Gasteiger charge is -2.57. The van der Waals surface area contributed by atoms with Gasteiger partial charge in [0.1, 0.15) is 28.8 Å². The van der Waals surface area contributed by atoms with Crippen molar-refractivity contribution in [1.29, 1.82) is 5.26 Å². The first kappa shape index (κ1) is 28.2. The van der Waals surface area contributed by atoms with Crippen molar-refractivity contribution in [3.8, 4) is 28.6 Å². The Morgan fingerprint density at radius 1 is 0.933 bits per heavy atom. The fourth-order valence-electron chi connectivity index (χ4n) is 7.76. The van der Waals surface area contributed by atoms with Gasteiger partial charge in [-0.25, -0.2) is 23.3 Å². The Morgan fingerprint density at radius 3 is 2.42 bits per heavy atom. The van der Waals surface area contributed by atoms with Crippen molar-refractivity contribution in [3.05, 3.63) is 48.7 Å². The summed E-state index contributed by atoms with van der Waals surface area (Å²) in [4.78, 5) is 26.4. The Hall–Kier alpha value is -4.24. The highest BCUT2D eigenvalue weighted by molar-refractivity contribution is 5.83. The molecule has 4 aromatic rings. The predicted molar refractivity (Wildman–Crippen MR) is 163 cm³/mol. The first-order chi connectivity index (χ1) is 21.8. The molecule has 232 valence electrons. The Labute approximate surface area is 259 Å². The predicted octanol–water partition coefficient (Wildman–Crippen LogP) is 5.30. The first-order valence-corrected chi connectivity index (χ1v) is 16.0. The summed E-state index contributed by atoms with van der Waals surface area (Å²) >= 11 is 0. The van der Waals surface area contributed by atoms with Gasteiger partial charge in [-0.15, -0.1) is 0 Å². The van der Waals surface area contributed by atoms with Gasteiger partial charge in [-0.05, 0) is 50.2 Å². The van der Waals surface area contributed by atoms with Gasteiger partial charge in [0.2, 0.25) is 5.92 Å². The van der Waals surface area contributed by atoms with Crippen LogP contribution in [0.3, 0.4) is 0 Å². The lowest BCUT2D eigenvalue weighted by atomic mass is 9.82. The van der Waals surface area contributed by atoms with E-state index in [0.29, 0.717) is 71.9 Å². The molecule has 2 atom stereocenters. The van der Waals surface area contributed by atoms with E-state index in [1.165, 1.54) is 0 Å². The highest BCUT2D eigenvalue weighted by Crippen LogP contribution is 2.40. The van der Waals surface area contributed by atoms with Gasteiger partial charge in [-0.3, -0.25) is 14.4 Å². The minimum atomic E-state index is -2.48. The Bertz CT molecular complexity index is 1760. The molecule has 2 bridgehead atoms. The summed E-state index contributed by atoms with van der Waals surface area (Å²) in [5.41, 5.74) is 4.01. The second-order valence-electron chi connectivity index (χ2n) is 13.3. The maximum Gasteiger partial charge on any atom is 0.248 e. The minimum Gasteiger partial charge on any atom is -0.353 e. The van der Waals surface area contributed by atoms with Crippen LogP contribution in [0.1, 0.15) is 69.4 Å². The maximum atomic E-state index is 13.6. The van der Waals surface area contributed by atoms with Crippen molar-refractivity contribution < 1.29 is 13.6 Å². The molecule has 0 amide bonds. The van der Waals surface area contributed by atoms with Gasteiger partial charge in [0, 0.05) is 80.9 Å². The average molecular weight is 612 g/mol. The standard InChI is InChI=1S/C33H35F2N9O/c34-33(35)9-7-21(8-10-33)16-42-26-11-27(42)19-41(18-26)30-6-1-22(13-37-30)31-32-23(12-36)14-39-44(32)20-29(40-31)24-15-38-43(17-24)25-2-4-28(45)5-3-25/h1,6,13-15,17,20-21,25-27H,2-5,7-11,16,18-19H2. The van der Waals surface area contributed by atoms with E-state index in [-0.39, 0.29) is 18.9 Å². The number of rotatable bonds is 6. The quantitative estimate of drug-likeness (QED) is 0.289. The first-order valence-electron chi connectivity index (χ1n) is 16.0. The van der Waals surface area contributed by atoms with E-state index >= 15 is 0 Å². The molecule has 0 N–H and O–H groups in total. The summed E-state index contributed by atoms with van der Waals surface area (Å²) in [6, 6.07) is 7.33. The molecule has 5 fully saturated rings. The van der Waals surface area contributed by atoms with Crippen LogP contribution >= 0.6 is 0 Å². The zero-order chi connectivity index (χ0) is 30.7. The van der Waals surface area contributed by atoms with Crippen LogP contribution in [0, 0.1) is 17.2 Å². The maximum absolute atomic E-state index is 13.6. The van der Waals surface area contributed by atoms with Crippen LogP contribution in [0.4, 0.5) is 14.6 Å². The van der Waals surface area contributed by atoms with E-state index in [1.807, 2.05) is 35.4 Å². The number of ketones is 1. The van der Waals surface area contributed by atoms with Crippen LogP contribution in [-0.2, 0) is 4.79 Å². The topological polar surface area (TPSA) is 108 Å². The van der Waals surface area contributed by atoms with E-state index in [4.69, 9.17) is 9.97 Å². The summed E-state index contributed by atoms with van der Waals surface area (Å²) < 4.78 is 30.9. The summed E-state index contributed by atoms with van der Waals surface area (Å²) in [5, 5.41) is 18.9. The van der Waals surface area contributed by atoms with Crippen molar-refractivity contribution in [1.82, 2.24) is 34.3 Å². The number of nitrogens with zero attached hydrogens (tertiary/aromatic N) is 9. The lowest BCUT2D eigenvalue weighted by Crippen LogP contribution is -2.69. The zero-order valence-corrected chi connectivity index (χ0v) is 25.0. The molecular formula is C33H35F2N9O. The molecule has 3 saturated heterocycles. The molecule has 5 aliphatic rings. The number of fused-ring (bicyclic) bond motifs is 3.